The largest absolute Gasteiger partial charge is 0.452 e. The molecule has 1 unspecified atom stereocenters. The van der Waals surface area contributed by atoms with Crippen LogP contribution < -0.4 is 5.19 Å². The van der Waals surface area contributed by atoms with Crippen LogP contribution in [0.3, 0.4) is 0 Å². The lowest BCUT2D eigenvalue weighted by Gasteiger charge is -2.31. The summed E-state index contributed by atoms with van der Waals surface area (Å²) in [5.74, 6) is -0.202. The highest BCUT2D eigenvalue weighted by atomic mass is 28.3. The Morgan fingerprint density at radius 2 is 1.22 bits per heavy atom. The molecule has 0 radical (unpaired) electrons. The minimum absolute atomic E-state index is 0.202. The molecule has 0 bridgehead atoms. The standard InChI is InChI=1S/C33H29NO2Si/c1-23(37(2,3)27-20-18-24(22-34)19-21-27)33(35)36-32(30-16-8-12-25-10-4-6-14-28(25)30)31-17-9-13-26-11-5-7-15-29(26)31/h4-21,23,32H,1-3H3. The van der Waals surface area contributed by atoms with Gasteiger partial charge < -0.3 is 4.74 Å². The molecule has 0 aliphatic carbocycles. The van der Waals surface area contributed by atoms with Crippen molar-refractivity contribution in [3.05, 3.63) is 126 Å². The van der Waals surface area contributed by atoms with Crippen LogP contribution in [0.4, 0.5) is 0 Å². The van der Waals surface area contributed by atoms with E-state index in [4.69, 9.17) is 4.74 Å². The molecule has 0 aliphatic rings. The summed E-state index contributed by atoms with van der Waals surface area (Å²) in [4.78, 5) is 13.9. The lowest BCUT2D eigenvalue weighted by atomic mass is 9.92. The number of hydrogen-bond donors (Lipinski definition) is 0. The number of esters is 1. The Balaban J connectivity index is 1.58. The van der Waals surface area contributed by atoms with Crippen LogP contribution in [0, 0.1) is 11.3 Å². The average Bonchev–Trinajstić information content (AvgIpc) is 2.95. The van der Waals surface area contributed by atoms with E-state index in [2.05, 4.69) is 67.7 Å². The number of hydrogen-bond acceptors (Lipinski definition) is 3. The van der Waals surface area contributed by atoms with Gasteiger partial charge in [0.15, 0.2) is 6.10 Å². The van der Waals surface area contributed by atoms with Crippen molar-refractivity contribution in [3.63, 3.8) is 0 Å². The molecule has 5 rings (SSSR count). The number of carbonyl (C=O) groups is 1. The Kier molecular flexibility index (Phi) is 6.65. The van der Waals surface area contributed by atoms with E-state index >= 15 is 0 Å². The van der Waals surface area contributed by atoms with E-state index in [1.807, 2.05) is 67.6 Å². The van der Waals surface area contributed by atoms with Crippen LogP contribution in [0.15, 0.2) is 109 Å². The van der Waals surface area contributed by atoms with E-state index in [9.17, 15) is 10.1 Å². The Morgan fingerprint density at radius 3 is 1.73 bits per heavy atom. The van der Waals surface area contributed by atoms with Gasteiger partial charge >= 0.3 is 5.97 Å². The molecule has 0 spiro atoms. The fourth-order valence-electron chi connectivity index (χ4n) is 4.99. The first-order valence-electron chi connectivity index (χ1n) is 12.6. The molecule has 0 amide bonds. The summed E-state index contributed by atoms with van der Waals surface area (Å²) >= 11 is 0. The molecule has 0 saturated heterocycles. The van der Waals surface area contributed by atoms with Crippen LogP contribution in [-0.4, -0.2) is 14.0 Å². The third kappa shape index (κ3) is 4.66. The van der Waals surface area contributed by atoms with E-state index in [1.165, 1.54) is 0 Å². The molecular formula is C33H29NO2Si. The van der Waals surface area contributed by atoms with Crippen molar-refractivity contribution in [2.45, 2.75) is 31.7 Å². The summed E-state index contributed by atoms with van der Waals surface area (Å²) in [5.41, 5.74) is 2.30. The summed E-state index contributed by atoms with van der Waals surface area (Å²) in [7, 11) is -2.24. The number of benzene rings is 5. The van der Waals surface area contributed by atoms with Gasteiger partial charge in [0.05, 0.1) is 25.2 Å². The topological polar surface area (TPSA) is 50.1 Å². The second-order valence-electron chi connectivity index (χ2n) is 10.1. The summed E-state index contributed by atoms with van der Waals surface area (Å²) < 4.78 is 6.50. The molecule has 5 aromatic carbocycles. The van der Waals surface area contributed by atoms with Gasteiger partial charge in [-0.25, -0.2) is 0 Å². The third-order valence-electron chi connectivity index (χ3n) is 7.64. The van der Waals surface area contributed by atoms with Gasteiger partial charge in [-0.2, -0.15) is 5.26 Å². The maximum atomic E-state index is 13.9. The monoisotopic (exact) mass is 499 g/mol. The van der Waals surface area contributed by atoms with Crippen LogP contribution >= 0.6 is 0 Å². The molecule has 37 heavy (non-hydrogen) atoms. The van der Waals surface area contributed by atoms with Crippen LogP contribution in [0.2, 0.25) is 18.6 Å². The van der Waals surface area contributed by atoms with E-state index in [-0.39, 0.29) is 11.5 Å². The lowest BCUT2D eigenvalue weighted by molar-refractivity contribution is -0.147. The van der Waals surface area contributed by atoms with Crippen molar-refractivity contribution in [3.8, 4) is 6.07 Å². The predicted octanol–water partition coefficient (Wildman–Crippen LogP) is 7.50. The highest BCUT2D eigenvalue weighted by Gasteiger charge is 2.38. The minimum Gasteiger partial charge on any atom is -0.452 e. The van der Waals surface area contributed by atoms with Gasteiger partial charge in [-0.3, -0.25) is 4.79 Å². The van der Waals surface area contributed by atoms with E-state index in [1.54, 1.807) is 0 Å². The van der Waals surface area contributed by atoms with Gasteiger partial charge in [-0.15, -0.1) is 0 Å². The first kappa shape index (κ1) is 24.5. The Morgan fingerprint density at radius 1 is 0.730 bits per heavy atom. The molecule has 5 aromatic rings. The summed E-state index contributed by atoms with van der Waals surface area (Å²) in [6, 6.07) is 38.6. The summed E-state index contributed by atoms with van der Waals surface area (Å²) in [6.45, 7) is 6.35. The summed E-state index contributed by atoms with van der Waals surface area (Å²) in [6.07, 6.45) is -0.544. The average molecular weight is 500 g/mol. The molecule has 0 aliphatic heterocycles. The van der Waals surface area contributed by atoms with Crippen molar-refractivity contribution in [1.29, 1.82) is 5.26 Å². The molecule has 0 N–H and O–H groups in total. The van der Waals surface area contributed by atoms with Crippen LogP contribution in [0.1, 0.15) is 29.7 Å². The van der Waals surface area contributed by atoms with Crippen molar-refractivity contribution < 1.29 is 9.53 Å². The minimum atomic E-state index is -2.24. The highest BCUT2D eigenvalue weighted by molar-refractivity contribution is 6.93. The van der Waals surface area contributed by atoms with Crippen molar-refractivity contribution >= 4 is 40.8 Å². The Hall–Kier alpha value is -4.20. The summed E-state index contributed by atoms with van der Waals surface area (Å²) in [5, 5.41) is 14.7. The number of fused-ring (bicyclic) bond motifs is 2. The van der Waals surface area contributed by atoms with Gasteiger partial charge in [0.25, 0.3) is 0 Å². The van der Waals surface area contributed by atoms with E-state index in [0.717, 1.165) is 37.9 Å². The van der Waals surface area contributed by atoms with Crippen LogP contribution in [-0.2, 0) is 9.53 Å². The maximum absolute atomic E-state index is 13.9. The molecular weight excluding hydrogens is 470 g/mol. The number of ether oxygens (including phenoxy) is 1. The normalized spacial score (nSPS) is 12.4. The molecule has 182 valence electrons. The van der Waals surface area contributed by atoms with Crippen molar-refractivity contribution in [2.24, 2.45) is 0 Å². The fourth-order valence-corrected chi connectivity index (χ4v) is 7.17. The van der Waals surface area contributed by atoms with Gasteiger partial charge in [0.2, 0.25) is 0 Å². The second kappa shape index (κ2) is 10.0. The SMILES string of the molecule is CC(C(=O)OC(c1cccc2ccccc12)c1cccc2ccccc12)[Si](C)(C)c1ccc(C#N)cc1. The molecule has 0 heterocycles. The zero-order valence-electron chi connectivity index (χ0n) is 21.3. The predicted molar refractivity (Wildman–Crippen MR) is 154 cm³/mol. The lowest BCUT2D eigenvalue weighted by Crippen LogP contribution is -2.48. The Bertz CT molecular complexity index is 1540. The fraction of sp³-hybridized carbons (Fsp3) is 0.152. The number of rotatable bonds is 6. The zero-order valence-corrected chi connectivity index (χ0v) is 22.3. The van der Waals surface area contributed by atoms with E-state index < -0.39 is 14.2 Å². The quantitative estimate of drug-likeness (QED) is 0.179. The number of nitriles is 1. The third-order valence-corrected chi connectivity index (χ3v) is 11.9. The first-order chi connectivity index (χ1) is 17.9. The van der Waals surface area contributed by atoms with E-state index in [0.29, 0.717) is 5.56 Å². The molecule has 0 fully saturated rings. The molecule has 1 atom stereocenters. The first-order valence-corrected chi connectivity index (χ1v) is 15.6. The highest BCUT2D eigenvalue weighted by Crippen LogP contribution is 2.37. The van der Waals surface area contributed by atoms with Gasteiger partial charge in [0, 0.05) is 11.1 Å². The Labute approximate surface area is 219 Å². The smallest absolute Gasteiger partial charge is 0.307 e. The van der Waals surface area contributed by atoms with Crippen molar-refractivity contribution in [1.82, 2.24) is 0 Å². The molecule has 0 aromatic heterocycles. The van der Waals surface area contributed by atoms with Crippen LogP contribution in [0.25, 0.3) is 21.5 Å². The maximum Gasteiger partial charge on any atom is 0.307 e. The molecule has 3 nitrogen and oxygen atoms in total. The zero-order chi connectivity index (χ0) is 26.0. The molecule has 4 heteroatoms. The second-order valence-corrected chi connectivity index (χ2v) is 15.0. The van der Waals surface area contributed by atoms with Crippen LogP contribution in [0.5, 0.6) is 0 Å². The number of carbonyl (C=O) groups excluding carboxylic acids is 1. The van der Waals surface area contributed by atoms with Gasteiger partial charge in [0.1, 0.15) is 0 Å². The van der Waals surface area contributed by atoms with Gasteiger partial charge in [-0.1, -0.05) is 122 Å². The molecule has 0 saturated carbocycles. The number of nitrogens with zero attached hydrogens (tertiary/aromatic N) is 1. The van der Waals surface area contributed by atoms with Gasteiger partial charge in [-0.05, 0) is 33.7 Å². The van der Waals surface area contributed by atoms with Crippen molar-refractivity contribution in [2.75, 3.05) is 0 Å².